The average Bonchev–Trinajstić information content (AvgIpc) is 3.05. The molecule has 3 heteroatoms. The molecule has 0 radical (unpaired) electrons. The fourth-order valence-electron chi connectivity index (χ4n) is 2.80. The number of aromatic nitrogens is 1. The number of aryl methyl sites for hydroxylation is 3. The van der Waals surface area contributed by atoms with E-state index in [4.69, 9.17) is 0 Å². The molecule has 2 nitrogen and oxygen atoms in total. The van der Waals surface area contributed by atoms with Gasteiger partial charge in [-0.05, 0) is 48.9 Å². The molecule has 0 unspecified atom stereocenters. The summed E-state index contributed by atoms with van der Waals surface area (Å²) in [5.74, 6) is 0. The van der Waals surface area contributed by atoms with Crippen LogP contribution in [0.1, 0.15) is 40.6 Å². The minimum absolute atomic E-state index is 0.972. The molecule has 0 aromatic carbocycles. The van der Waals surface area contributed by atoms with Crippen LogP contribution in [0.3, 0.4) is 0 Å². The Hall–Kier alpha value is -1.06. The quantitative estimate of drug-likeness (QED) is 0.849. The lowest BCUT2D eigenvalue weighted by atomic mass is 10.2. The van der Waals surface area contributed by atoms with Crippen LogP contribution >= 0.6 is 11.3 Å². The monoisotopic (exact) mass is 274 g/mol. The number of hydrogen-bond acceptors (Lipinski definition) is 2. The van der Waals surface area contributed by atoms with Gasteiger partial charge >= 0.3 is 0 Å². The Morgan fingerprint density at radius 2 is 2.26 bits per heavy atom. The third-order valence-electron chi connectivity index (χ3n) is 3.72. The van der Waals surface area contributed by atoms with Crippen molar-refractivity contribution in [2.45, 2.75) is 52.2 Å². The average molecular weight is 274 g/mol. The molecule has 19 heavy (non-hydrogen) atoms. The number of rotatable bonds is 6. The zero-order valence-corrected chi connectivity index (χ0v) is 12.4. The second-order valence-electron chi connectivity index (χ2n) is 5.38. The fourth-order valence-corrected chi connectivity index (χ4v) is 4.03. The first-order valence-electron chi connectivity index (χ1n) is 7.31. The molecule has 1 N–H and O–H groups in total. The van der Waals surface area contributed by atoms with Crippen molar-refractivity contribution in [2.24, 2.45) is 0 Å². The van der Waals surface area contributed by atoms with Crippen molar-refractivity contribution in [1.82, 2.24) is 9.88 Å². The molecule has 2 heterocycles. The van der Waals surface area contributed by atoms with Gasteiger partial charge in [-0.15, -0.1) is 11.3 Å². The Morgan fingerprint density at radius 3 is 3.11 bits per heavy atom. The van der Waals surface area contributed by atoms with Crippen LogP contribution in [-0.4, -0.2) is 4.57 Å². The molecule has 3 rings (SSSR count). The van der Waals surface area contributed by atoms with Crippen LogP contribution in [0.5, 0.6) is 0 Å². The number of nitrogens with zero attached hydrogens (tertiary/aromatic N) is 1. The molecule has 0 saturated carbocycles. The van der Waals surface area contributed by atoms with Crippen LogP contribution in [-0.2, 0) is 32.5 Å². The molecule has 0 spiro atoms. The first-order valence-corrected chi connectivity index (χ1v) is 8.12. The Morgan fingerprint density at radius 1 is 1.32 bits per heavy atom. The summed E-state index contributed by atoms with van der Waals surface area (Å²) < 4.78 is 2.27. The molecule has 2 aromatic heterocycles. The molecule has 0 atom stereocenters. The van der Waals surface area contributed by atoms with E-state index in [1.54, 1.807) is 10.4 Å². The van der Waals surface area contributed by atoms with E-state index in [0.29, 0.717) is 0 Å². The number of nitrogens with one attached hydrogen (secondary N) is 1. The van der Waals surface area contributed by atoms with Gasteiger partial charge < -0.3 is 9.88 Å². The zero-order valence-electron chi connectivity index (χ0n) is 11.6. The molecule has 0 aliphatic heterocycles. The van der Waals surface area contributed by atoms with Crippen molar-refractivity contribution >= 4 is 11.3 Å². The normalized spacial score (nSPS) is 13.9. The highest BCUT2D eigenvalue weighted by Crippen LogP contribution is 2.30. The summed E-state index contributed by atoms with van der Waals surface area (Å²) in [4.78, 5) is 3.13. The maximum Gasteiger partial charge on any atom is 0.0303 e. The van der Waals surface area contributed by atoms with Crippen molar-refractivity contribution in [2.75, 3.05) is 0 Å². The summed E-state index contributed by atoms with van der Waals surface area (Å²) in [6, 6.07) is 4.62. The second kappa shape index (κ2) is 5.93. The van der Waals surface area contributed by atoms with Crippen LogP contribution in [0.25, 0.3) is 0 Å². The first-order chi connectivity index (χ1) is 9.35. The van der Waals surface area contributed by atoms with E-state index in [9.17, 15) is 0 Å². The maximum atomic E-state index is 3.56. The van der Waals surface area contributed by atoms with Gasteiger partial charge in [-0.3, -0.25) is 0 Å². The molecular weight excluding hydrogens is 252 g/mol. The largest absolute Gasteiger partial charge is 0.354 e. The molecule has 1 aliphatic rings. The minimum Gasteiger partial charge on any atom is -0.354 e. The van der Waals surface area contributed by atoms with Crippen molar-refractivity contribution < 1.29 is 0 Å². The Kier molecular flexibility index (Phi) is 4.04. The zero-order chi connectivity index (χ0) is 13.1. The Balaban J connectivity index is 1.49. The summed E-state index contributed by atoms with van der Waals surface area (Å²) in [7, 11) is 0. The smallest absolute Gasteiger partial charge is 0.0303 e. The van der Waals surface area contributed by atoms with Gasteiger partial charge in [0.2, 0.25) is 0 Å². The van der Waals surface area contributed by atoms with E-state index in [1.807, 2.05) is 11.3 Å². The second-order valence-corrected chi connectivity index (χ2v) is 6.60. The van der Waals surface area contributed by atoms with Gasteiger partial charge in [0.25, 0.3) is 0 Å². The van der Waals surface area contributed by atoms with Crippen molar-refractivity contribution in [1.29, 1.82) is 0 Å². The van der Waals surface area contributed by atoms with Gasteiger partial charge in [-0.1, -0.05) is 6.92 Å². The van der Waals surface area contributed by atoms with E-state index < -0.39 is 0 Å². The SMILES string of the molecule is CCCn1ccc(CNCc2cc3c(s2)CCC3)c1. The van der Waals surface area contributed by atoms with Crippen LogP contribution in [0.4, 0.5) is 0 Å². The maximum absolute atomic E-state index is 3.56. The fraction of sp³-hybridized carbons (Fsp3) is 0.500. The molecular formula is C16H22N2S. The number of thiophene rings is 1. The highest BCUT2D eigenvalue weighted by molar-refractivity contribution is 7.12. The van der Waals surface area contributed by atoms with Crippen molar-refractivity contribution in [3.05, 3.63) is 45.4 Å². The molecule has 2 aromatic rings. The lowest BCUT2D eigenvalue weighted by Crippen LogP contribution is -2.11. The van der Waals surface area contributed by atoms with E-state index in [2.05, 4.69) is 41.3 Å². The Labute approximate surface area is 119 Å². The minimum atomic E-state index is 0.972. The molecule has 0 bridgehead atoms. The van der Waals surface area contributed by atoms with E-state index in [-0.39, 0.29) is 0 Å². The third kappa shape index (κ3) is 3.10. The predicted molar refractivity (Wildman–Crippen MR) is 81.6 cm³/mol. The van der Waals surface area contributed by atoms with Gasteiger partial charge in [0.15, 0.2) is 0 Å². The van der Waals surface area contributed by atoms with Gasteiger partial charge in [-0.25, -0.2) is 0 Å². The molecule has 1 aliphatic carbocycles. The van der Waals surface area contributed by atoms with E-state index in [1.165, 1.54) is 36.1 Å². The summed E-state index contributed by atoms with van der Waals surface area (Å²) in [6.07, 6.45) is 9.60. The highest BCUT2D eigenvalue weighted by atomic mass is 32.1. The molecule has 0 amide bonds. The Bertz CT molecular complexity index is 517. The predicted octanol–water partition coefficient (Wildman–Crippen LogP) is 3.74. The van der Waals surface area contributed by atoms with Crippen molar-refractivity contribution in [3.8, 4) is 0 Å². The van der Waals surface area contributed by atoms with Crippen LogP contribution < -0.4 is 5.32 Å². The van der Waals surface area contributed by atoms with E-state index in [0.717, 1.165) is 19.6 Å². The van der Waals surface area contributed by atoms with Gasteiger partial charge in [-0.2, -0.15) is 0 Å². The van der Waals surface area contributed by atoms with Gasteiger partial charge in [0.05, 0.1) is 0 Å². The third-order valence-corrected chi connectivity index (χ3v) is 4.96. The lowest BCUT2D eigenvalue weighted by molar-refractivity contribution is 0.670. The van der Waals surface area contributed by atoms with Crippen LogP contribution in [0.15, 0.2) is 24.5 Å². The molecule has 0 fully saturated rings. The van der Waals surface area contributed by atoms with Crippen LogP contribution in [0, 0.1) is 0 Å². The number of hydrogen-bond donors (Lipinski definition) is 1. The topological polar surface area (TPSA) is 17.0 Å². The highest BCUT2D eigenvalue weighted by Gasteiger charge is 2.14. The standard InChI is InChI=1S/C16H22N2S/c1-2-7-18-8-6-13(12-18)10-17-11-15-9-14-4-3-5-16(14)19-15/h6,8-9,12,17H,2-5,7,10-11H2,1H3. The summed E-state index contributed by atoms with van der Waals surface area (Å²) >= 11 is 2.00. The molecule has 0 saturated heterocycles. The molecule has 102 valence electrons. The van der Waals surface area contributed by atoms with E-state index >= 15 is 0 Å². The summed E-state index contributed by atoms with van der Waals surface area (Å²) in [5.41, 5.74) is 2.99. The lowest BCUT2D eigenvalue weighted by Gasteiger charge is -2.01. The summed E-state index contributed by atoms with van der Waals surface area (Å²) in [6.45, 7) is 5.32. The summed E-state index contributed by atoms with van der Waals surface area (Å²) in [5, 5.41) is 3.56. The van der Waals surface area contributed by atoms with Crippen LogP contribution in [0.2, 0.25) is 0 Å². The van der Waals surface area contributed by atoms with Crippen molar-refractivity contribution in [3.63, 3.8) is 0 Å². The van der Waals surface area contributed by atoms with Gasteiger partial charge in [0.1, 0.15) is 0 Å². The van der Waals surface area contributed by atoms with Gasteiger partial charge in [0, 0.05) is 41.8 Å². The first kappa shape index (κ1) is 12.9. The number of fused-ring (bicyclic) bond motifs is 1.